The summed E-state index contributed by atoms with van der Waals surface area (Å²) in [4.78, 5) is 34.6. The number of methoxy groups -OCH3 is 2. The topological polar surface area (TPSA) is 105 Å². The van der Waals surface area contributed by atoms with Crippen LogP contribution in [0.5, 0.6) is 11.5 Å². The number of nitrogens with one attached hydrogen (secondary N) is 1. The molecule has 3 heterocycles. The first-order valence-corrected chi connectivity index (χ1v) is 10.8. The van der Waals surface area contributed by atoms with Crippen molar-refractivity contribution in [2.24, 2.45) is 0 Å². The summed E-state index contributed by atoms with van der Waals surface area (Å²) in [5.41, 5.74) is 3.10. The average Bonchev–Trinajstić information content (AvgIpc) is 3.43. The Labute approximate surface area is 193 Å². The molecule has 2 aromatic carbocycles. The standard InChI is InChI=1S/C24H20ClN3O5/c1-32-15-3-4-17-12(5-15)7-18(27-17)23(30)28-11-14(9-25)21-16-6-13(24(31)33-2)10-26-22(16)20(29)8-19(21)28/h3-8,10,14,27,29H,9,11H2,1-2H3/t14-/m0/s1. The number of anilines is 1. The molecule has 0 unspecified atom stereocenters. The van der Waals surface area contributed by atoms with Crippen LogP contribution in [0.25, 0.3) is 21.8 Å². The van der Waals surface area contributed by atoms with Gasteiger partial charge in [0, 0.05) is 46.9 Å². The number of ether oxygens (including phenoxy) is 2. The van der Waals surface area contributed by atoms with Crippen LogP contribution in [-0.4, -0.2) is 53.6 Å². The van der Waals surface area contributed by atoms with E-state index in [9.17, 15) is 14.7 Å². The van der Waals surface area contributed by atoms with E-state index in [1.807, 2.05) is 18.2 Å². The maximum absolute atomic E-state index is 13.5. The largest absolute Gasteiger partial charge is 0.506 e. The van der Waals surface area contributed by atoms with Crippen molar-refractivity contribution in [2.45, 2.75) is 5.92 Å². The molecule has 0 fully saturated rings. The second kappa shape index (κ2) is 7.97. The van der Waals surface area contributed by atoms with Crippen molar-refractivity contribution < 1.29 is 24.2 Å². The minimum Gasteiger partial charge on any atom is -0.506 e. The highest BCUT2D eigenvalue weighted by molar-refractivity contribution is 6.19. The predicted molar refractivity (Wildman–Crippen MR) is 125 cm³/mol. The summed E-state index contributed by atoms with van der Waals surface area (Å²) in [7, 11) is 2.88. The average molecular weight is 466 g/mol. The maximum Gasteiger partial charge on any atom is 0.339 e. The number of phenolic OH excluding ortho intramolecular Hbond substituents is 1. The molecule has 168 valence electrons. The molecule has 4 aromatic rings. The molecule has 0 radical (unpaired) electrons. The van der Waals surface area contributed by atoms with E-state index in [0.717, 1.165) is 16.5 Å². The number of phenols is 1. The molecule has 5 rings (SSSR count). The first-order valence-electron chi connectivity index (χ1n) is 10.2. The fourth-order valence-corrected chi connectivity index (χ4v) is 4.65. The number of halogens is 1. The Balaban J connectivity index is 1.63. The van der Waals surface area contributed by atoms with Crippen LogP contribution >= 0.6 is 11.6 Å². The number of esters is 1. The van der Waals surface area contributed by atoms with E-state index in [-0.39, 0.29) is 29.0 Å². The summed E-state index contributed by atoms with van der Waals surface area (Å²) in [6, 6.07) is 10.4. The van der Waals surface area contributed by atoms with Gasteiger partial charge in [0.2, 0.25) is 0 Å². The number of aromatic nitrogens is 2. The van der Waals surface area contributed by atoms with Gasteiger partial charge in [0.15, 0.2) is 0 Å². The summed E-state index contributed by atoms with van der Waals surface area (Å²) < 4.78 is 10.1. The lowest BCUT2D eigenvalue weighted by atomic mass is 9.97. The molecular formula is C24H20ClN3O5. The third-order valence-electron chi connectivity index (χ3n) is 5.98. The van der Waals surface area contributed by atoms with E-state index in [4.69, 9.17) is 21.1 Å². The Bertz CT molecular complexity index is 1430. The van der Waals surface area contributed by atoms with Gasteiger partial charge in [-0.25, -0.2) is 4.79 Å². The molecule has 8 nitrogen and oxygen atoms in total. The van der Waals surface area contributed by atoms with E-state index in [1.165, 1.54) is 19.4 Å². The minimum atomic E-state index is -0.539. The Kier molecular flexibility index (Phi) is 5.09. The van der Waals surface area contributed by atoms with Gasteiger partial charge in [-0.1, -0.05) is 0 Å². The van der Waals surface area contributed by atoms with Gasteiger partial charge in [0.1, 0.15) is 22.7 Å². The predicted octanol–water partition coefficient (Wildman–Crippen LogP) is 4.20. The number of carbonyl (C=O) groups is 2. The van der Waals surface area contributed by atoms with E-state index in [2.05, 4.69) is 9.97 Å². The number of aromatic hydroxyl groups is 1. The monoisotopic (exact) mass is 465 g/mol. The number of pyridine rings is 1. The number of alkyl halides is 1. The molecule has 2 N–H and O–H groups in total. The molecule has 0 saturated carbocycles. The van der Waals surface area contributed by atoms with Crippen molar-refractivity contribution in [1.82, 2.24) is 9.97 Å². The maximum atomic E-state index is 13.5. The second-order valence-corrected chi connectivity index (χ2v) is 8.15. The fraction of sp³-hybridized carbons (Fsp3) is 0.208. The van der Waals surface area contributed by atoms with Gasteiger partial charge in [0.25, 0.3) is 5.91 Å². The summed E-state index contributed by atoms with van der Waals surface area (Å²) >= 11 is 6.28. The molecule has 1 aliphatic heterocycles. The zero-order valence-electron chi connectivity index (χ0n) is 17.9. The number of aromatic amines is 1. The lowest BCUT2D eigenvalue weighted by Gasteiger charge is -2.17. The normalized spacial score (nSPS) is 15.1. The number of amides is 1. The highest BCUT2D eigenvalue weighted by Gasteiger charge is 2.36. The van der Waals surface area contributed by atoms with Gasteiger partial charge in [-0.15, -0.1) is 11.6 Å². The van der Waals surface area contributed by atoms with E-state index >= 15 is 0 Å². The van der Waals surface area contributed by atoms with Gasteiger partial charge in [-0.05, 0) is 35.9 Å². The van der Waals surface area contributed by atoms with Crippen molar-refractivity contribution in [1.29, 1.82) is 0 Å². The minimum absolute atomic E-state index is 0.0884. The first-order chi connectivity index (χ1) is 15.9. The summed E-state index contributed by atoms with van der Waals surface area (Å²) in [6.45, 7) is 0.331. The number of hydrogen-bond donors (Lipinski definition) is 2. The Morgan fingerprint density at radius 1 is 1.24 bits per heavy atom. The molecule has 1 amide bonds. The van der Waals surface area contributed by atoms with E-state index in [1.54, 1.807) is 24.1 Å². The van der Waals surface area contributed by atoms with E-state index < -0.39 is 5.97 Å². The van der Waals surface area contributed by atoms with Crippen molar-refractivity contribution >= 4 is 51.0 Å². The molecule has 0 bridgehead atoms. The number of fused-ring (bicyclic) bond motifs is 4. The molecular weight excluding hydrogens is 446 g/mol. The zero-order chi connectivity index (χ0) is 23.3. The highest BCUT2D eigenvalue weighted by atomic mass is 35.5. The van der Waals surface area contributed by atoms with Gasteiger partial charge in [-0.3, -0.25) is 9.78 Å². The summed E-state index contributed by atoms with van der Waals surface area (Å²) in [5, 5.41) is 12.1. The SMILES string of the molecule is COC(=O)c1cnc2c(O)cc3c(c2c1)[C@@H](CCl)CN3C(=O)c1cc2cc(OC)ccc2[nH]1. The van der Waals surface area contributed by atoms with Crippen LogP contribution in [0.3, 0.4) is 0 Å². The van der Waals surface area contributed by atoms with Crippen LogP contribution in [-0.2, 0) is 4.74 Å². The van der Waals surface area contributed by atoms with Crippen LogP contribution in [0, 0.1) is 0 Å². The van der Waals surface area contributed by atoms with E-state index in [0.29, 0.717) is 34.6 Å². The van der Waals surface area contributed by atoms with Crippen molar-refractivity contribution in [3.05, 3.63) is 59.4 Å². The zero-order valence-corrected chi connectivity index (χ0v) is 18.6. The van der Waals surface area contributed by atoms with Gasteiger partial charge >= 0.3 is 5.97 Å². The van der Waals surface area contributed by atoms with Crippen LogP contribution in [0.2, 0.25) is 0 Å². The lowest BCUT2D eigenvalue weighted by molar-refractivity contribution is 0.0600. The van der Waals surface area contributed by atoms with Crippen LogP contribution in [0.1, 0.15) is 32.3 Å². The van der Waals surface area contributed by atoms with Crippen molar-refractivity contribution in [3.63, 3.8) is 0 Å². The van der Waals surface area contributed by atoms with Crippen molar-refractivity contribution in [3.8, 4) is 11.5 Å². The second-order valence-electron chi connectivity index (χ2n) is 7.84. The molecule has 1 aliphatic rings. The number of rotatable bonds is 4. The third kappa shape index (κ3) is 3.34. The Hall–Kier alpha value is -3.78. The molecule has 0 saturated heterocycles. The van der Waals surface area contributed by atoms with Crippen LogP contribution in [0.4, 0.5) is 5.69 Å². The molecule has 0 spiro atoms. The van der Waals surface area contributed by atoms with Crippen LogP contribution < -0.4 is 9.64 Å². The number of nitrogens with zero attached hydrogens (tertiary/aromatic N) is 2. The Morgan fingerprint density at radius 3 is 2.79 bits per heavy atom. The van der Waals surface area contributed by atoms with Crippen molar-refractivity contribution in [2.75, 3.05) is 31.5 Å². The highest BCUT2D eigenvalue weighted by Crippen LogP contribution is 2.45. The van der Waals surface area contributed by atoms with Gasteiger partial charge in [-0.2, -0.15) is 0 Å². The van der Waals surface area contributed by atoms with Gasteiger partial charge in [0.05, 0.1) is 25.5 Å². The molecule has 33 heavy (non-hydrogen) atoms. The number of H-pyrrole nitrogens is 1. The summed E-state index contributed by atoms with van der Waals surface area (Å²) in [6.07, 6.45) is 1.35. The number of carbonyl (C=O) groups excluding carboxylic acids is 2. The molecule has 0 aliphatic carbocycles. The number of hydrogen-bond acceptors (Lipinski definition) is 6. The molecule has 1 atom stereocenters. The quantitative estimate of drug-likeness (QED) is 0.346. The smallest absolute Gasteiger partial charge is 0.339 e. The van der Waals surface area contributed by atoms with Gasteiger partial charge < -0.3 is 24.5 Å². The fourth-order valence-electron chi connectivity index (χ4n) is 4.40. The number of benzene rings is 2. The lowest BCUT2D eigenvalue weighted by Crippen LogP contribution is -2.30. The summed E-state index contributed by atoms with van der Waals surface area (Å²) in [5.74, 6) is -0.136. The molecule has 2 aromatic heterocycles. The molecule has 9 heteroatoms. The van der Waals surface area contributed by atoms with Crippen LogP contribution in [0.15, 0.2) is 42.6 Å². The Morgan fingerprint density at radius 2 is 2.06 bits per heavy atom. The first kappa shape index (κ1) is 21.1. The third-order valence-corrected chi connectivity index (χ3v) is 6.36.